The second-order valence-electron chi connectivity index (χ2n) is 12.8. The van der Waals surface area contributed by atoms with Crippen molar-refractivity contribution in [3.63, 3.8) is 0 Å². The molecular weight excluding hydrogens is 638 g/mol. The van der Waals surface area contributed by atoms with Crippen LogP contribution in [0.1, 0.15) is 56.3 Å². The number of nitro groups is 1. The molecular formula is C38H43N5O7. The van der Waals surface area contributed by atoms with Crippen LogP contribution in [0.5, 0.6) is 0 Å². The molecule has 0 spiro atoms. The van der Waals surface area contributed by atoms with Gasteiger partial charge in [-0.3, -0.25) is 19.8 Å². The molecule has 2 N–H and O–H groups in total. The fourth-order valence-electron chi connectivity index (χ4n) is 6.68. The number of alkyl carbamates (subject to hydrolysis) is 1. The molecule has 0 unspecified atom stereocenters. The Morgan fingerprint density at radius 2 is 1.48 bits per heavy atom. The number of carbonyl (C=O) groups excluding carboxylic acids is 3. The number of amides is 2. The van der Waals surface area contributed by atoms with E-state index in [4.69, 9.17) is 9.47 Å². The van der Waals surface area contributed by atoms with Gasteiger partial charge in [0.15, 0.2) is 0 Å². The highest BCUT2D eigenvalue weighted by molar-refractivity contribution is 5.93. The van der Waals surface area contributed by atoms with Crippen molar-refractivity contribution in [2.24, 2.45) is 5.92 Å². The molecule has 12 heteroatoms. The Kier molecular flexibility index (Phi) is 11.3. The first-order chi connectivity index (χ1) is 24.0. The minimum absolute atomic E-state index is 0.0378. The molecule has 2 atom stereocenters. The molecule has 0 radical (unpaired) electrons. The molecule has 50 heavy (non-hydrogen) atoms. The number of non-ortho nitro benzene ring substituents is 1. The predicted octanol–water partition coefficient (Wildman–Crippen LogP) is 5.64. The van der Waals surface area contributed by atoms with Crippen LogP contribution in [-0.2, 0) is 19.1 Å². The van der Waals surface area contributed by atoms with Crippen LogP contribution in [-0.4, -0.2) is 72.0 Å². The van der Waals surface area contributed by atoms with E-state index in [2.05, 4.69) is 39.8 Å². The van der Waals surface area contributed by atoms with Gasteiger partial charge in [-0.05, 0) is 36.5 Å². The van der Waals surface area contributed by atoms with Crippen molar-refractivity contribution in [2.75, 3.05) is 33.3 Å². The third-order valence-electron chi connectivity index (χ3n) is 9.15. The van der Waals surface area contributed by atoms with Crippen molar-refractivity contribution in [1.82, 2.24) is 20.4 Å². The van der Waals surface area contributed by atoms with Crippen molar-refractivity contribution in [1.29, 1.82) is 0 Å². The van der Waals surface area contributed by atoms with Crippen LogP contribution in [0.2, 0.25) is 0 Å². The number of nitrogens with one attached hydrogen (secondary N) is 2. The molecule has 0 aromatic heterocycles. The number of piperazine rings is 1. The first-order valence-corrected chi connectivity index (χ1v) is 16.6. The highest BCUT2D eigenvalue weighted by Crippen LogP contribution is 2.40. The Hall–Kier alpha value is -5.49. The summed E-state index contributed by atoms with van der Waals surface area (Å²) in [5.41, 5.74) is 3.55. The predicted molar refractivity (Wildman–Crippen MR) is 188 cm³/mol. The maximum atomic E-state index is 13.9. The fraction of sp³-hybridized carbons (Fsp3) is 0.342. The van der Waals surface area contributed by atoms with Crippen molar-refractivity contribution < 1.29 is 28.8 Å². The Bertz CT molecular complexity index is 1740. The molecule has 262 valence electrons. The van der Waals surface area contributed by atoms with Crippen LogP contribution in [0.3, 0.4) is 0 Å². The lowest BCUT2D eigenvalue weighted by molar-refractivity contribution is -0.384. The normalized spacial score (nSPS) is 17.3. The lowest BCUT2D eigenvalue weighted by Crippen LogP contribution is -2.56. The van der Waals surface area contributed by atoms with Crippen molar-refractivity contribution in [2.45, 2.75) is 45.7 Å². The number of dihydropyridines is 1. The summed E-state index contributed by atoms with van der Waals surface area (Å²) in [6.07, 6.45) is -0.890. The van der Waals surface area contributed by atoms with E-state index in [0.717, 1.165) is 0 Å². The van der Waals surface area contributed by atoms with Gasteiger partial charge < -0.3 is 25.0 Å². The Morgan fingerprint density at radius 3 is 2.02 bits per heavy atom. The molecule has 5 rings (SSSR count). The van der Waals surface area contributed by atoms with E-state index in [0.29, 0.717) is 43.1 Å². The third kappa shape index (κ3) is 7.86. The van der Waals surface area contributed by atoms with Crippen molar-refractivity contribution in [3.8, 4) is 0 Å². The number of benzene rings is 3. The monoisotopic (exact) mass is 681 g/mol. The maximum absolute atomic E-state index is 13.9. The summed E-state index contributed by atoms with van der Waals surface area (Å²) in [4.78, 5) is 55.7. The number of rotatable bonds is 10. The summed E-state index contributed by atoms with van der Waals surface area (Å²) in [5, 5.41) is 17.4. The molecule has 12 nitrogen and oxygen atoms in total. The number of ether oxygens (including phenoxy) is 2. The van der Waals surface area contributed by atoms with Gasteiger partial charge in [0.25, 0.3) is 5.69 Å². The van der Waals surface area contributed by atoms with Gasteiger partial charge in [-0.1, -0.05) is 86.6 Å². The summed E-state index contributed by atoms with van der Waals surface area (Å²) in [7, 11) is 1.23. The van der Waals surface area contributed by atoms with Gasteiger partial charge in [0, 0.05) is 44.0 Å². The molecule has 2 aliphatic rings. The van der Waals surface area contributed by atoms with Gasteiger partial charge in [0.1, 0.15) is 11.8 Å². The second-order valence-corrected chi connectivity index (χ2v) is 12.8. The highest BCUT2D eigenvalue weighted by Gasteiger charge is 2.38. The number of nitro benzene ring substituents is 1. The number of nitrogens with zero attached hydrogens (tertiary/aromatic N) is 3. The van der Waals surface area contributed by atoms with Gasteiger partial charge >= 0.3 is 12.1 Å². The van der Waals surface area contributed by atoms with Gasteiger partial charge in [-0.25, -0.2) is 9.59 Å². The lowest BCUT2D eigenvalue weighted by Gasteiger charge is -2.41. The quantitative estimate of drug-likeness (QED) is 0.158. The zero-order chi connectivity index (χ0) is 35.9. The standard InChI is InChI=1S/C38H43N5O7/c1-24(2)33(36(44)42-21-19-41(20-22-42)34(27-13-8-6-9-14-27)28-15-10-7-11-16-28)40-38(46)50-35-26(4)39-25(3)31(37(45)49-5)32(35)29-17-12-18-30(23-29)43(47)48/h6-18,23-24,32-34,39H,19-22H2,1-5H3,(H,40,46)/t32-,33+/m1/s1. The van der Waals surface area contributed by atoms with Crippen LogP contribution >= 0.6 is 0 Å². The van der Waals surface area contributed by atoms with Crippen LogP contribution in [0.25, 0.3) is 0 Å². The molecule has 1 fully saturated rings. The Morgan fingerprint density at radius 1 is 0.880 bits per heavy atom. The van der Waals surface area contributed by atoms with Crippen molar-refractivity contribution in [3.05, 3.63) is 134 Å². The van der Waals surface area contributed by atoms with Crippen LogP contribution in [0.15, 0.2) is 108 Å². The van der Waals surface area contributed by atoms with Crippen molar-refractivity contribution >= 4 is 23.7 Å². The van der Waals surface area contributed by atoms with E-state index in [1.807, 2.05) is 50.2 Å². The second kappa shape index (κ2) is 15.8. The number of hydrogen-bond donors (Lipinski definition) is 2. The molecule has 0 bridgehead atoms. The summed E-state index contributed by atoms with van der Waals surface area (Å²) in [6, 6.07) is 25.5. The van der Waals surface area contributed by atoms with E-state index in [9.17, 15) is 24.5 Å². The summed E-state index contributed by atoms with van der Waals surface area (Å²) >= 11 is 0. The third-order valence-corrected chi connectivity index (χ3v) is 9.15. The molecule has 2 aliphatic heterocycles. The van der Waals surface area contributed by atoms with Gasteiger partial charge in [0.2, 0.25) is 5.91 Å². The van der Waals surface area contributed by atoms with Gasteiger partial charge in [-0.2, -0.15) is 0 Å². The maximum Gasteiger partial charge on any atom is 0.413 e. The zero-order valence-electron chi connectivity index (χ0n) is 28.9. The minimum atomic E-state index is -0.988. The number of carbonyl (C=O) groups is 3. The SMILES string of the molecule is COC(=O)C1=C(C)NC(C)=C(OC(=O)N[C@H](C(=O)N2CCN(C(c3ccccc3)c3ccccc3)CC2)C(C)C)[C@@H]1c1cccc([N+](=O)[O-])c1. The van der Waals surface area contributed by atoms with E-state index in [1.165, 1.54) is 36.4 Å². The van der Waals surface area contributed by atoms with Crippen LogP contribution in [0, 0.1) is 16.0 Å². The average molecular weight is 682 g/mol. The Labute approximate surface area is 291 Å². The van der Waals surface area contributed by atoms with E-state index in [1.54, 1.807) is 24.8 Å². The fourth-order valence-corrected chi connectivity index (χ4v) is 6.68. The smallest absolute Gasteiger partial charge is 0.413 e. The zero-order valence-corrected chi connectivity index (χ0v) is 28.9. The molecule has 1 saturated heterocycles. The first kappa shape index (κ1) is 35.8. The first-order valence-electron chi connectivity index (χ1n) is 16.6. The molecule has 3 aromatic rings. The molecule has 3 aromatic carbocycles. The van der Waals surface area contributed by atoms with E-state index in [-0.39, 0.29) is 34.9 Å². The average Bonchev–Trinajstić information content (AvgIpc) is 3.12. The molecule has 0 saturated carbocycles. The summed E-state index contributed by atoms with van der Waals surface area (Å²) in [5.74, 6) is -2.10. The Balaban J connectivity index is 1.32. The molecule has 2 amide bonds. The molecule has 0 aliphatic carbocycles. The highest BCUT2D eigenvalue weighted by atomic mass is 16.6. The number of allylic oxidation sites excluding steroid dienone is 3. The number of methoxy groups -OCH3 is 1. The number of hydrogen-bond acceptors (Lipinski definition) is 9. The topological polar surface area (TPSA) is 143 Å². The van der Waals surface area contributed by atoms with E-state index >= 15 is 0 Å². The van der Waals surface area contributed by atoms with Gasteiger partial charge in [-0.15, -0.1) is 0 Å². The summed E-state index contributed by atoms with van der Waals surface area (Å²) in [6.45, 7) is 9.27. The largest absolute Gasteiger partial charge is 0.466 e. The van der Waals surface area contributed by atoms with Gasteiger partial charge in [0.05, 0.1) is 35.3 Å². The molecule has 2 heterocycles. The van der Waals surface area contributed by atoms with Crippen LogP contribution in [0.4, 0.5) is 10.5 Å². The number of esters is 1. The van der Waals surface area contributed by atoms with Crippen LogP contribution < -0.4 is 10.6 Å². The summed E-state index contributed by atoms with van der Waals surface area (Å²) < 4.78 is 10.9. The lowest BCUT2D eigenvalue weighted by atomic mass is 9.85. The van der Waals surface area contributed by atoms with E-state index < -0.39 is 28.9 Å². The minimum Gasteiger partial charge on any atom is -0.466 e.